The molecule has 0 unspecified atom stereocenters. The van der Waals surface area contributed by atoms with Crippen LogP contribution in [0.1, 0.15) is 0 Å². The summed E-state index contributed by atoms with van der Waals surface area (Å²) in [6, 6.07) is 7.92. The molecule has 2 aromatic rings. The highest BCUT2D eigenvalue weighted by Crippen LogP contribution is 2.29. The van der Waals surface area contributed by atoms with Gasteiger partial charge in [-0.3, -0.25) is 10.1 Å². The van der Waals surface area contributed by atoms with Crippen LogP contribution in [0.5, 0.6) is 0 Å². The number of hydrogen-bond donors (Lipinski definition) is 2. The molecule has 104 valence electrons. The zero-order valence-corrected chi connectivity index (χ0v) is 12.7. The summed E-state index contributed by atoms with van der Waals surface area (Å²) < 4.78 is 0.740. The van der Waals surface area contributed by atoms with Crippen LogP contribution in [0.25, 0.3) is 0 Å². The van der Waals surface area contributed by atoms with Gasteiger partial charge < -0.3 is 10.6 Å². The largest absolute Gasteiger partial charge is 0.373 e. The summed E-state index contributed by atoms with van der Waals surface area (Å²) in [6.45, 7) is 0. The summed E-state index contributed by atoms with van der Waals surface area (Å²) in [5.74, 6) is 0.776. The fourth-order valence-corrected chi connectivity index (χ4v) is 2.32. The Labute approximate surface area is 128 Å². The molecule has 0 saturated heterocycles. The second-order valence-electron chi connectivity index (χ2n) is 3.85. The van der Waals surface area contributed by atoms with Crippen molar-refractivity contribution in [2.24, 2.45) is 0 Å². The predicted molar refractivity (Wildman–Crippen MR) is 82.9 cm³/mol. The van der Waals surface area contributed by atoms with E-state index in [1.165, 1.54) is 12.1 Å². The van der Waals surface area contributed by atoms with Crippen molar-refractivity contribution in [3.63, 3.8) is 0 Å². The number of benzene rings is 1. The molecule has 0 aliphatic heterocycles. The molecule has 0 aliphatic rings. The molecule has 1 aromatic heterocycles. The molecule has 1 aromatic carbocycles. The number of nitrogens with zero attached hydrogens (tertiary/aromatic N) is 2. The smallest absolute Gasteiger partial charge is 0.276 e. The molecular formula is C12H10BrClN4O2. The van der Waals surface area contributed by atoms with E-state index >= 15 is 0 Å². The van der Waals surface area contributed by atoms with Gasteiger partial charge >= 0.3 is 0 Å². The maximum atomic E-state index is 10.9. The summed E-state index contributed by atoms with van der Waals surface area (Å²) >= 11 is 9.23. The maximum absolute atomic E-state index is 10.9. The Balaban J connectivity index is 2.37. The molecule has 2 N–H and O–H groups in total. The summed E-state index contributed by atoms with van der Waals surface area (Å²) in [5.41, 5.74) is 0.668. The lowest BCUT2D eigenvalue weighted by Crippen LogP contribution is -2.00. The Morgan fingerprint density at radius 3 is 2.60 bits per heavy atom. The maximum Gasteiger partial charge on any atom is 0.276 e. The van der Waals surface area contributed by atoms with E-state index in [9.17, 15) is 10.1 Å². The number of aromatic nitrogens is 1. The Morgan fingerprint density at radius 2 is 2.00 bits per heavy atom. The monoisotopic (exact) mass is 356 g/mol. The average molecular weight is 358 g/mol. The number of anilines is 3. The standard InChI is InChI=1S/C12H10BrClN4O2/c1-15-11-5-8(18(19)20)6-12(17-11)16-10-3-2-7(14)4-9(10)13/h2-6H,1H3,(H2,15,16,17). The molecule has 0 bridgehead atoms. The van der Waals surface area contributed by atoms with Crippen molar-refractivity contribution in [3.8, 4) is 0 Å². The molecule has 0 aliphatic carbocycles. The molecule has 0 radical (unpaired) electrons. The highest BCUT2D eigenvalue weighted by atomic mass is 79.9. The molecule has 6 nitrogen and oxygen atoms in total. The molecule has 0 fully saturated rings. The van der Waals surface area contributed by atoms with Crippen LogP contribution in [-0.4, -0.2) is 17.0 Å². The van der Waals surface area contributed by atoms with Crippen LogP contribution >= 0.6 is 27.5 Å². The van der Waals surface area contributed by atoms with E-state index in [0.717, 1.165) is 4.47 Å². The van der Waals surface area contributed by atoms with Crippen molar-refractivity contribution in [2.75, 3.05) is 17.7 Å². The minimum Gasteiger partial charge on any atom is -0.373 e. The van der Waals surface area contributed by atoms with Crippen LogP contribution in [0, 0.1) is 10.1 Å². The molecule has 2 rings (SSSR count). The van der Waals surface area contributed by atoms with Crippen LogP contribution < -0.4 is 10.6 Å². The van der Waals surface area contributed by atoms with Crippen LogP contribution in [0.3, 0.4) is 0 Å². The van der Waals surface area contributed by atoms with Crippen LogP contribution in [-0.2, 0) is 0 Å². The van der Waals surface area contributed by atoms with E-state index in [2.05, 4.69) is 31.5 Å². The lowest BCUT2D eigenvalue weighted by molar-refractivity contribution is -0.384. The van der Waals surface area contributed by atoms with Gasteiger partial charge in [0.05, 0.1) is 22.7 Å². The van der Waals surface area contributed by atoms with Crippen LogP contribution in [0.4, 0.5) is 23.0 Å². The molecule has 8 heteroatoms. The van der Waals surface area contributed by atoms with Crippen LogP contribution in [0.2, 0.25) is 5.02 Å². The van der Waals surface area contributed by atoms with E-state index in [4.69, 9.17) is 11.6 Å². The topological polar surface area (TPSA) is 80.1 Å². The van der Waals surface area contributed by atoms with E-state index in [1.54, 1.807) is 25.2 Å². The van der Waals surface area contributed by atoms with E-state index in [1.807, 2.05) is 0 Å². The highest BCUT2D eigenvalue weighted by molar-refractivity contribution is 9.10. The average Bonchev–Trinajstić information content (AvgIpc) is 2.41. The van der Waals surface area contributed by atoms with Gasteiger partial charge in [0, 0.05) is 16.5 Å². The number of nitro groups is 1. The first kappa shape index (κ1) is 14.5. The van der Waals surface area contributed by atoms with Crippen LogP contribution in [0.15, 0.2) is 34.8 Å². The molecule has 0 atom stereocenters. The minimum absolute atomic E-state index is 0.0445. The van der Waals surface area contributed by atoms with E-state index in [0.29, 0.717) is 22.3 Å². The van der Waals surface area contributed by atoms with E-state index < -0.39 is 4.92 Å². The number of pyridine rings is 1. The van der Waals surface area contributed by atoms with Gasteiger partial charge in [0.25, 0.3) is 5.69 Å². The third-order valence-corrected chi connectivity index (χ3v) is 3.36. The summed E-state index contributed by atoms with van der Waals surface area (Å²) in [6.07, 6.45) is 0. The first-order valence-corrected chi connectivity index (χ1v) is 6.73. The molecule has 0 amide bonds. The van der Waals surface area contributed by atoms with Crippen molar-refractivity contribution in [3.05, 3.63) is 49.9 Å². The summed E-state index contributed by atoms with van der Waals surface area (Å²) in [4.78, 5) is 14.6. The Bertz CT molecular complexity index is 666. The lowest BCUT2D eigenvalue weighted by atomic mass is 10.3. The Morgan fingerprint density at radius 1 is 1.30 bits per heavy atom. The fraction of sp³-hybridized carbons (Fsp3) is 0.0833. The first-order chi connectivity index (χ1) is 9.49. The highest BCUT2D eigenvalue weighted by Gasteiger charge is 2.11. The number of hydrogen-bond acceptors (Lipinski definition) is 5. The molecular weight excluding hydrogens is 348 g/mol. The van der Waals surface area contributed by atoms with Crippen molar-refractivity contribution in [2.45, 2.75) is 0 Å². The zero-order valence-electron chi connectivity index (χ0n) is 10.4. The normalized spacial score (nSPS) is 10.2. The van der Waals surface area contributed by atoms with E-state index in [-0.39, 0.29) is 5.69 Å². The lowest BCUT2D eigenvalue weighted by Gasteiger charge is -2.09. The quantitative estimate of drug-likeness (QED) is 0.633. The third kappa shape index (κ3) is 3.37. The number of nitrogens with one attached hydrogen (secondary N) is 2. The van der Waals surface area contributed by atoms with Gasteiger partial charge in [-0.15, -0.1) is 0 Å². The van der Waals surface area contributed by atoms with Gasteiger partial charge in [-0.2, -0.15) is 0 Å². The number of halogens is 2. The van der Waals surface area contributed by atoms with Gasteiger partial charge in [0.2, 0.25) is 0 Å². The van der Waals surface area contributed by atoms with Gasteiger partial charge in [-0.1, -0.05) is 11.6 Å². The van der Waals surface area contributed by atoms with Crippen molar-refractivity contribution >= 4 is 50.5 Å². The van der Waals surface area contributed by atoms with Crippen molar-refractivity contribution in [1.82, 2.24) is 4.98 Å². The molecule has 0 saturated carbocycles. The summed E-state index contributed by atoms with van der Waals surface area (Å²) in [5, 5.41) is 17.3. The van der Waals surface area contributed by atoms with Crippen molar-refractivity contribution < 1.29 is 4.92 Å². The zero-order chi connectivity index (χ0) is 14.7. The second kappa shape index (κ2) is 6.06. The summed E-state index contributed by atoms with van der Waals surface area (Å²) in [7, 11) is 1.65. The van der Waals surface area contributed by atoms with Gasteiger partial charge in [-0.05, 0) is 34.1 Å². The Kier molecular flexibility index (Phi) is 4.41. The SMILES string of the molecule is CNc1cc([N+](=O)[O-])cc(Nc2ccc(Cl)cc2Br)n1. The predicted octanol–water partition coefficient (Wildman–Crippen LogP) is 4.19. The molecule has 20 heavy (non-hydrogen) atoms. The fourth-order valence-electron chi connectivity index (χ4n) is 1.54. The molecule has 1 heterocycles. The van der Waals surface area contributed by atoms with Gasteiger partial charge in [-0.25, -0.2) is 4.98 Å². The first-order valence-electron chi connectivity index (χ1n) is 5.56. The Hall–Kier alpha value is -1.86. The molecule has 0 spiro atoms. The van der Waals surface area contributed by atoms with Gasteiger partial charge in [0.1, 0.15) is 11.6 Å². The second-order valence-corrected chi connectivity index (χ2v) is 5.14. The number of rotatable bonds is 4. The minimum atomic E-state index is -0.468. The van der Waals surface area contributed by atoms with Crippen molar-refractivity contribution in [1.29, 1.82) is 0 Å². The third-order valence-electron chi connectivity index (χ3n) is 2.47. The van der Waals surface area contributed by atoms with Gasteiger partial charge in [0.15, 0.2) is 0 Å².